The molecule has 1 radical (unpaired) electrons. The molecule has 0 fully saturated rings. The van der Waals surface area contributed by atoms with Gasteiger partial charge >= 0.3 is 18.9 Å². The number of hydrogen-bond donors (Lipinski definition) is 0. The van der Waals surface area contributed by atoms with Crippen LogP contribution < -0.4 is 18.9 Å². The average molecular weight is 231 g/mol. The fourth-order valence-electron chi connectivity index (χ4n) is 2.14. The molecule has 0 saturated carbocycles. The second kappa shape index (κ2) is 11.7. The molecule has 2 heteroatoms. The third kappa shape index (κ3) is 14.6. The number of rotatable bonds is 9. The zero-order valence-corrected chi connectivity index (χ0v) is 13.6. The molecule has 0 bridgehead atoms. The molecule has 0 aromatic rings. The Kier molecular flexibility index (Phi) is 13.8. The van der Waals surface area contributed by atoms with E-state index in [4.69, 9.17) is 0 Å². The molecule has 0 aliphatic rings. The van der Waals surface area contributed by atoms with E-state index in [0.29, 0.717) is 0 Å². The topological polar surface area (TPSA) is 0 Å². The SMILES string of the molecule is CC(C)CC[B-](CCC(C)C)CCC(C)C.[Li+]. The van der Waals surface area contributed by atoms with Crippen LogP contribution in [0.25, 0.3) is 0 Å². The molecule has 0 amide bonds. The van der Waals surface area contributed by atoms with E-state index in [-0.39, 0.29) is 18.9 Å². The van der Waals surface area contributed by atoms with Crippen LogP contribution in [0.3, 0.4) is 0 Å². The Morgan fingerprint density at radius 1 is 0.588 bits per heavy atom. The maximum absolute atomic E-state index is 2.35. The molecule has 0 aromatic heterocycles. The van der Waals surface area contributed by atoms with Gasteiger partial charge in [0.05, 0.1) is 0 Å². The zero-order chi connectivity index (χ0) is 12.6. The molecule has 0 heterocycles. The molecule has 0 aliphatic heterocycles. The van der Waals surface area contributed by atoms with E-state index in [1.165, 1.54) is 38.2 Å². The van der Waals surface area contributed by atoms with Crippen molar-refractivity contribution in [2.24, 2.45) is 17.8 Å². The van der Waals surface area contributed by atoms with Gasteiger partial charge in [-0.05, 0) is 0 Å². The van der Waals surface area contributed by atoms with Crippen molar-refractivity contribution in [2.45, 2.75) is 79.8 Å². The Labute approximate surface area is 123 Å². The molecule has 0 atom stereocenters. The van der Waals surface area contributed by atoms with Crippen LogP contribution in [0.15, 0.2) is 0 Å². The van der Waals surface area contributed by atoms with Gasteiger partial charge in [0, 0.05) is 0 Å². The van der Waals surface area contributed by atoms with E-state index in [1.807, 2.05) is 0 Å². The first kappa shape index (κ1) is 20.0. The molecular formula is C15H33BLi. The summed E-state index contributed by atoms with van der Waals surface area (Å²) in [7, 11) is 0. The largest absolute Gasteiger partial charge is 1.00 e. The summed E-state index contributed by atoms with van der Waals surface area (Å²) in [5.74, 6) is 2.63. The zero-order valence-electron chi connectivity index (χ0n) is 13.6. The molecule has 0 aliphatic carbocycles. The second-order valence-corrected chi connectivity index (χ2v) is 6.78. The first-order valence-corrected chi connectivity index (χ1v) is 7.41. The Bertz CT molecular complexity index is 126. The van der Waals surface area contributed by atoms with Gasteiger partial charge in [0.25, 0.3) is 0 Å². The van der Waals surface area contributed by atoms with Crippen molar-refractivity contribution < 1.29 is 18.9 Å². The third-order valence-electron chi connectivity index (χ3n) is 3.46. The van der Waals surface area contributed by atoms with Crippen LogP contribution in [0.5, 0.6) is 0 Å². The van der Waals surface area contributed by atoms with Crippen LogP contribution in [0.4, 0.5) is 0 Å². The van der Waals surface area contributed by atoms with Gasteiger partial charge in [0.2, 0.25) is 0 Å². The fourth-order valence-corrected chi connectivity index (χ4v) is 2.14. The van der Waals surface area contributed by atoms with Crippen molar-refractivity contribution in [3.05, 3.63) is 0 Å². The molecule has 0 aromatic carbocycles. The van der Waals surface area contributed by atoms with Gasteiger partial charge < -0.3 is 0 Å². The summed E-state index contributed by atoms with van der Waals surface area (Å²) < 4.78 is 0. The van der Waals surface area contributed by atoms with E-state index in [0.717, 1.165) is 24.5 Å². The van der Waals surface area contributed by atoms with Crippen LogP contribution >= 0.6 is 0 Å². The summed E-state index contributed by atoms with van der Waals surface area (Å²) in [6, 6.07) is 0. The molecule has 0 unspecified atom stereocenters. The Morgan fingerprint density at radius 3 is 1.00 bits per heavy atom. The predicted molar refractivity (Wildman–Crippen MR) is 78.5 cm³/mol. The second-order valence-electron chi connectivity index (χ2n) is 6.78. The average Bonchev–Trinajstić information content (AvgIpc) is 2.15. The minimum Gasteiger partial charge on any atom is -0.208 e. The van der Waals surface area contributed by atoms with E-state index >= 15 is 0 Å². The fraction of sp³-hybridized carbons (Fsp3) is 1.00. The first-order valence-electron chi connectivity index (χ1n) is 7.41. The van der Waals surface area contributed by atoms with Crippen molar-refractivity contribution >= 4 is 6.71 Å². The van der Waals surface area contributed by atoms with Gasteiger partial charge in [0.15, 0.2) is 0 Å². The van der Waals surface area contributed by atoms with E-state index in [1.54, 1.807) is 0 Å². The van der Waals surface area contributed by atoms with Crippen LogP contribution in [-0.4, -0.2) is 6.71 Å². The van der Waals surface area contributed by atoms with E-state index in [9.17, 15) is 0 Å². The maximum atomic E-state index is 2.35. The first-order chi connectivity index (χ1) is 7.41. The van der Waals surface area contributed by atoms with Crippen molar-refractivity contribution in [3.63, 3.8) is 0 Å². The minimum atomic E-state index is 0. The number of hydrogen-bond acceptors (Lipinski definition) is 0. The Balaban J connectivity index is 0. The third-order valence-corrected chi connectivity index (χ3v) is 3.46. The van der Waals surface area contributed by atoms with Crippen molar-refractivity contribution in [2.75, 3.05) is 0 Å². The van der Waals surface area contributed by atoms with Gasteiger partial charge in [-0.2, -0.15) is 0 Å². The summed E-state index contributed by atoms with van der Waals surface area (Å²) >= 11 is 0. The molecule has 17 heavy (non-hydrogen) atoms. The quantitative estimate of drug-likeness (QED) is 0.535. The smallest absolute Gasteiger partial charge is 0.208 e. The molecule has 0 N–H and O–H groups in total. The van der Waals surface area contributed by atoms with Crippen molar-refractivity contribution in [1.82, 2.24) is 0 Å². The van der Waals surface area contributed by atoms with Crippen LogP contribution in [0.2, 0.25) is 19.0 Å². The van der Waals surface area contributed by atoms with Gasteiger partial charge in [-0.3, -0.25) is 0 Å². The summed E-state index contributed by atoms with van der Waals surface area (Å²) in [6.45, 7) is 15.1. The van der Waals surface area contributed by atoms with Crippen LogP contribution in [0, 0.1) is 17.8 Å². The predicted octanol–water partition coefficient (Wildman–Crippen LogP) is 2.62. The van der Waals surface area contributed by atoms with Crippen LogP contribution in [0.1, 0.15) is 60.8 Å². The molecule has 0 saturated heterocycles. The summed E-state index contributed by atoms with van der Waals surface area (Å²) in [6.07, 6.45) is 8.62. The standard InChI is InChI=1S/C15H33B.Li/c1-13(2)7-10-16(11-8-14(3)4)12-9-15(5)6;/h13-15H,7-12H2,1-6H3;/q-1;+1. The Hall–Kier alpha value is 0.662. The van der Waals surface area contributed by atoms with Crippen LogP contribution in [-0.2, 0) is 0 Å². The Morgan fingerprint density at radius 2 is 0.824 bits per heavy atom. The van der Waals surface area contributed by atoms with Crippen molar-refractivity contribution in [1.29, 1.82) is 0 Å². The summed E-state index contributed by atoms with van der Waals surface area (Å²) in [4.78, 5) is 0. The molecular weight excluding hydrogens is 198 g/mol. The maximum Gasteiger partial charge on any atom is 1.00 e. The minimum absolute atomic E-state index is 0. The van der Waals surface area contributed by atoms with Gasteiger partial charge in [0.1, 0.15) is 0 Å². The summed E-state index contributed by atoms with van der Waals surface area (Å²) in [5.41, 5.74) is 0. The molecule has 97 valence electrons. The normalized spacial score (nSPS) is 11.6. The van der Waals surface area contributed by atoms with Gasteiger partial charge in [-0.1, -0.05) is 78.6 Å². The monoisotopic (exact) mass is 231 g/mol. The van der Waals surface area contributed by atoms with E-state index < -0.39 is 0 Å². The summed E-state index contributed by atoms with van der Waals surface area (Å²) in [5, 5.41) is 0. The molecule has 0 rings (SSSR count). The van der Waals surface area contributed by atoms with Gasteiger partial charge in [-0.15, -0.1) is 6.71 Å². The van der Waals surface area contributed by atoms with E-state index in [2.05, 4.69) is 41.5 Å². The van der Waals surface area contributed by atoms with Crippen molar-refractivity contribution in [3.8, 4) is 0 Å². The van der Waals surface area contributed by atoms with Gasteiger partial charge in [-0.25, -0.2) is 19.0 Å². The molecule has 0 nitrogen and oxygen atoms in total. The molecule has 0 spiro atoms.